The second kappa shape index (κ2) is 6.85. The molecule has 5 heteroatoms. The molecule has 0 atom stereocenters. The number of nitrogens with one attached hydrogen (secondary N) is 1. The predicted octanol–water partition coefficient (Wildman–Crippen LogP) is 2.17. The van der Waals surface area contributed by atoms with E-state index in [0.29, 0.717) is 18.1 Å². The van der Waals surface area contributed by atoms with E-state index in [4.69, 9.17) is 10.5 Å². The van der Waals surface area contributed by atoms with Crippen LogP contribution in [-0.4, -0.2) is 17.5 Å². The van der Waals surface area contributed by atoms with E-state index in [1.807, 2.05) is 38.1 Å². The molecule has 0 aliphatic heterocycles. The number of carbonyl (C=O) groups excluding carboxylic acids is 1. The van der Waals surface area contributed by atoms with Gasteiger partial charge in [0, 0.05) is 6.54 Å². The number of hydrogen-bond acceptors (Lipinski definition) is 4. The van der Waals surface area contributed by atoms with Crippen LogP contribution < -0.4 is 15.8 Å². The molecule has 0 unspecified atom stereocenters. The monoisotopic (exact) mass is 285 g/mol. The van der Waals surface area contributed by atoms with Gasteiger partial charge >= 0.3 is 0 Å². The van der Waals surface area contributed by atoms with E-state index < -0.39 is 0 Å². The maximum atomic E-state index is 11.9. The Morgan fingerprint density at radius 3 is 2.86 bits per heavy atom. The van der Waals surface area contributed by atoms with Crippen LogP contribution in [0.3, 0.4) is 0 Å². The van der Waals surface area contributed by atoms with Gasteiger partial charge in [-0.1, -0.05) is 18.2 Å². The summed E-state index contributed by atoms with van der Waals surface area (Å²) in [5.74, 6) is 0.943. The van der Waals surface area contributed by atoms with E-state index in [-0.39, 0.29) is 12.5 Å². The Morgan fingerprint density at radius 2 is 2.10 bits per heavy atom. The zero-order valence-electron chi connectivity index (χ0n) is 12.2. The third kappa shape index (κ3) is 4.29. The molecule has 2 rings (SSSR count). The van der Waals surface area contributed by atoms with E-state index in [2.05, 4.69) is 10.3 Å². The van der Waals surface area contributed by atoms with Gasteiger partial charge in [0.2, 0.25) is 0 Å². The van der Waals surface area contributed by atoms with Crippen LogP contribution in [0.4, 0.5) is 5.82 Å². The van der Waals surface area contributed by atoms with Gasteiger partial charge < -0.3 is 15.8 Å². The lowest BCUT2D eigenvalue weighted by atomic mass is 10.1. The number of aromatic nitrogens is 1. The van der Waals surface area contributed by atoms with Crippen molar-refractivity contribution in [3.8, 4) is 5.75 Å². The molecule has 1 aromatic heterocycles. The summed E-state index contributed by atoms with van der Waals surface area (Å²) in [7, 11) is 0. The van der Waals surface area contributed by atoms with Crippen LogP contribution in [0.5, 0.6) is 5.75 Å². The van der Waals surface area contributed by atoms with Crippen molar-refractivity contribution in [3.05, 3.63) is 53.2 Å². The van der Waals surface area contributed by atoms with E-state index in [1.54, 1.807) is 12.1 Å². The van der Waals surface area contributed by atoms with Crippen LogP contribution in [0.2, 0.25) is 0 Å². The highest BCUT2D eigenvalue weighted by molar-refractivity contribution is 5.90. The van der Waals surface area contributed by atoms with Gasteiger partial charge in [0.1, 0.15) is 11.6 Å². The van der Waals surface area contributed by atoms with Gasteiger partial charge in [-0.05, 0) is 43.2 Å². The molecule has 3 N–H and O–H groups in total. The highest BCUT2D eigenvalue weighted by atomic mass is 16.5. The second-order valence-electron chi connectivity index (χ2n) is 4.82. The molecule has 2 aromatic rings. The lowest BCUT2D eigenvalue weighted by molar-refractivity contribution is -0.118. The Kier molecular flexibility index (Phi) is 4.90. The molecular weight excluding hydrogens is 266 g/mol. The normalized spacial score (nSPS) is 10.2. The number of rotatable bonds is 5. The summed E-state index contributed by atoms with van der Waals surface area (Å²) >= 11 is 0. The number of ether oxygens (including phenoxy) is 1. The second-order valence-corrected chi connectivity index (χ2v) is 4.82. The average Bonchev–Trinajstić information content (AvgIpc) is 2.48. The molecule has 0 fully saturated rings. The largest absolute Gasteiger partial charge is 0.483 e. The lowest BCUT2D eigenvalue weighted by Gasteiger charge is -2.10. The topological polar surface area (TPSA) is 77.2 Å². The Hall–Kier alpha value is -2.40. The van der Waals surface area contributed by atoms with Gasteiger partial charge in [0.15, 0.2) is 6.61 Å². The molecular formula is C16H19N3O2. The van der Waals surface area contributed by atoms with Crippen LogP contribution >= 0.6 is 0 Å². The Bertz CT molecular complexity index is 641. The Balaban J connectivity index is 1.94. The molecule has 5 nitrogen and oxygen atoms in total. The van der Waals surface area contributed by atoms with Crippen LogP contribution in [0.15, 0.2) is 36.4 Å². The first-order valence-corrected chi connectivity index (χ1v) is 6.74. The summed E-state index contributed by atoms with van der Waals surface area (Å²) < 4.78 is 5.54. The predicted molar refractivity (Wildman–Crippen MR) is 82.2 cm³/mol. The first-order valence-electron chi connectivity index (χ1n) is 6.74. The molecule has 110 valence electrons. The molecule has 0 bridgehead atoms. The van der Waals surface area contributed by atoms with Crippen molar-refractivity contribution in [1.82, 2.24) is 4.98 Å². The number of nitrogens with two attached hydrogens (primary N) is 1. The summed E-state index contributed by atoms with van der Waals surface area (Å²) in [5, 5.41) is 2.69. The summed E-state index contributed by atoms with van der Waals surface area (Å²) in [6.45, 7) is 4.20. The third-order valence-electron chi connectivity index (χ3n) is 2.99. The van der Waals surface area contributed by atoms with Gasteiger partial charge in [-0.25, -0.2) is 4.98 Å². The maximum Gasteiger partial charge on any atom is 0.263 e. The fourth-order valence-corrected chi connectivity index (χ4v) is 1.85. The number of nitrogens with zero attached hydrogens (tertiary/aromatic N) is 1. The standard InChI is InChI=1S/C16H19N3O2/c1-11-6-7-12(2)14(8-11)21-10-16(20)19-15-5-3-4-13(9-17)18-15/h3-8H,9-10,17H2,1-2H3,(H,18,19,20). The zero-order valence-corrected chi connectivity index (χ0v) is 12.2. The van der Waals surface area contributed by atoms with Crippen molar-refractivity contribution in [2.75, 3.05) is 11.9 Å². The fraction of sp³-hybridized carbons (Fsp3) is 0.250. The molecule has 1 aromatic carbocycles. The summed E-state index contributed by atoms with van der Waals surface area (Å²) in [6.07, 6.45) is 0. The molecule has 0 spiro atoms. The van der Waals surface area contributed by atoms with Crippen molar-refractivity contribution in [1.29, 1.82) is 0 Å². The minimum absolute atomic E-state index is 0.0567. The van der Waals surface area contributed by atoms with Crippen LogP contribution in [0, 0.1) is 13.8 Å². The van der Waals surface area contributed by atoms with Gasteiger partial charge in [-0.2, -0.15) is 0 Å². The van der Waals surface area contributed by atoms with Gasteiger partial charge in [0.05, 0.1) is 5.69 Å². The van der Waals surface area contributed by atoms with Crippen LogP contribution in [0.25, 0.3) is 0 Å². The van der Waals surface area contributed by atoms with Gasteiger partial charge in [0.25, 0.3) is 5.91 Å². The van der Waals surface area contributed by atoms with E-state index in [9.17, 15) is 4.79 Å². The summed E-state index contributed by atoms with van der Waals surface area (Å²) in [6, 6.07) is 11.2. The van der Waals surface area contributed by atoms with Crippen LogP contribution in [0.1, 0.15) is 16.8 Å². The maximum absolute atomic E-state index is 11.9. The zero-order chi connectivity index (χ0) is 15.2. The summed E-state index contributed by atoms with van der Waals surface area (Å²) in [4.78, 5) is 16.1. The number of anilines is 1. The highest BCUT2D eigenvalue weighted by Crippen LogP contribution is 2.19. The molecule has 0 saturated carbocycles. The van der Waals surface area contributed by atoms with E-state index >= 15 is 0 Å². The number of amides is 1. The van der Waals surface area contributed by atoms with Crippen molar-refractivity contribution in [2.45, 2.75) is 20.4 Å². The first kappa shape index (κ1) is 15.0. The minimum Gasteiger partial charge on any atom is -0.483 e. The SMILES string of the molecule is Cc1ccc(C)c(OCC(=O)Nc2cccc(CN)n2)c1. The molecule has 0 aliphatic carbocycles. The first-order chi connectivity index (χ1) is 10.1. The molecule has 0 radical (unpaired) electrons. The van der Waals surface area contributed by atoms with Crippen molar-refractivity contribution < 1.29 is 9.53 Å². The third-order valence-corrected chi connectivity index (χ3v) is 2.99. The molecule has 21 heavy (non-hydrogen) atoms. The number of pyridine rings is 1. The van der Waals surface area contributed by atoms with E-state index in [1.165, 1.54) is 0 Å². The van der Waals surface area contributed by atoms with Crippen molar-refractivity contribution in [2.24, 2.45) is 5.73 Å². The number of carbonyl (C=O) groups is 1. The number of aryl methyl sites for hydroxylation is 2. The molecule has 0 saturated heterocycles. The van der Waals surface area contributed by atoms with E-state index in [0.717, 1.165) is 16.8 Å². The Labute approximate surface area is 124 Å². The number of hydrogen-bond donors (Lipinski definition) is 2. The van der Waals surface area contributed by atoms with Gasteiger partial charge in [-0.3, -0.25) is 4.79 Å². The van der Waals surface area contributed by atoms with Gasteiger partial charge in [-0.15, -0.1) is 0 Å². The molecule has 1 amide bonds. The lowest BCUT2D eigenvalue weighted by Crippen LogP contribution is -2.21. The summed E-state index contributed by atoms with van der Waals surface area (Å²) in [5.41, 5.74) is 8.33. The van der Waals surface area contributed by atoms with Crippen molar-refractivity contribution in [3.63, 3.8) is 0 Å². The smallest absolute Gasteiger partial charge is 0.263 e. The fourth-order valence-electron chi connectivity index (χ4n) is 1.85. The van der Waals surface area contributed by atoms with Crippen LogP contribution in [-0.2, 0) is 11.3 Å². The average molecular weight is 285 g/mol. The quantitative estimate of drug-likeness (QED) is 0.882. The number of benzene rings is 1. The highest BCUT2D eigenvalue weighted by Gasteiger charge is 2.07. The molecule has 0 aliphatic rings. The molecule has 1 heterocycles. The Morgan fingerprint density at radius 1 is 1.29 bits per heavy atom. The van der Waals surface area contributed by atoms with Crippen molar-refractivity contribution >= 4 is 11.7 Å². The minimum atomic E-state index is -0.252.